The number of carbonyl (C=O) groups is 4. The minimum atomic E-state index is -1.22. The second-order valence-corrected chi connectivity index (χ2v) is 10.1. The van der Waals surface area contributed by atoms with Crippen LogP contribution < -0.4 is 16.8 Å². The number of hydrogen-bond acceptors (Lipinski definition) is 10. The number of nitrogens with zero attached hydrogens (tertiary/aromatic N) is 5. The Bertz CT molecular complexity index is 1160. The lowest BCUT2D eigenvalue weighted by Gasteiger charge is -2.49. The van der Waals surface area contributed by atoms with Crippen LogP contribution in [-0.2, 0) is 25.7 Å². The largest absolute Gasteiger partial charge is 0.477 e. The van der Waals surface area contributed by atoms with Gasteiger partial charge in [-0.3, -0.25) is 19.3 Å². The van der Waals surface area contributed by atoms with Crippen LogP contribution in [0.15, 0.2) is 39.8 Å². The number of rotatable bonds is 10. The van der Waals surface area contributed by atoms with Crippen LogP contribution in [0.25, 0.3) is 0 Å². The van der Waals surface area contributed by atoms with Gasteiger partial charge in [-0.05, 0) is 28.0 Å². The molecular weight excluding hydrogens is 496 g/mol. The van der Waals surface area contributed by atoms with E-state index in [1.807, 2.05) is 12.2 Å². The fourth-order valence-corrected chi connectivity index (χ4v) is 6.31. The first-order chi connectivity index (χ1) is 16.8. The molecule has 4 rings (SSSR count). The molecule has 1 fully saturated rings. The van der Waals surface area contributed by atoms with Crippen LogP contribution in [0.1, 0.15) is 25.7 Å². The number of β-lactam (4-membered cyclic amide) rings is 1. The maximum absolute atomic E-state index is 12.8. The highest BCUT2D eigenvalue weighted by atomic mass is 32.2. The molecule has 0 bridgehead atoms. The van der Waals surface area contributed by atoms with E-state index in [9.17, 15) is 24.3 Å². The molecule has 35 heavy (non-hydrogen) atoms. The number of thioether (sulfide) groups is 2. The highest BCUT2D eigenvalue weighted by molar-refractivity contribution is 8.01. The van der Waals surface area contributed by atoms with Gasteiger partial charge in [0.2, 0.25) is 17.0 Å². The van der Waals surface area contributed by atoms with Gasteiger partial charge in [0.25, 0.3) is 5.91 Å². The number of nitrogens with one attached hydrogen (secondary N) is 1. The third-order valence-electron chi connectivity index (χ3n) is 5.71. The summed E-state index contributed by atoms with van der Waals surface area (Å²) in [7, 11) is 0. The predicted octanol–water partition coefficient (Wildman–Crippen LogP) is -0.668. The van der Waals surface area contributed by atoms with E-state index in [2.05, 4.69) is 20.8 Å². The number of tetrazole rings is 1. The summed E-state index contributed by atoms with van der Waals surface area (Å²) in [5, 5.41) is 23.8. The van der Waals surface area contributed by atoms with Crippen molar-refractivity contribution in [1.82, 2.24) is 30.4 Å². The van der Waals surface area contributed by atoms with Crippen LogP contribution in [0, 0.1) is 0 Å². The summed E-state index contributed by atoms with van der Waals surface area (Å²) in [5.41, 5.74) is 13.1. The monoisotopic (exact) mass is 520 g/mol. The zero-order chi connectivity index (χ0) is 25.1. The summed E-state index contributed by atoms with van der Waals surface area (Å²) in [6.45, 7) is 0.206. The first kappa shape index (κ1) is 24.8. The number of fused-ring (bicyclic) bond motifs is 1. The van der Waals surface area contributed by atoms with Crippen LogP contribution in [0.5, 0.6) is 0 Å². The SMILES string of the molecule is NC(=O)CCn1nnnc1SCC1=C(C(=O)O)N2C(=O)C(NC(=O)CC3=C(N)CC=CC3)[C@H]2SC1. The van der Waals surface area contributed by atoms with Crippen molar-refractivity contribution < 1.29 is 24.3 Å². The number of amides is 3. The smallest absolute Gasteiger partial charge is 0.352 e. The van der Waals surface area contributed by atoms with Gasteiger partial charge in [-0.1, -0.05) is 23.9 Å². The van der Waals surface area contributed by atoms with Crippen molar-refractivity contribution in [2.75, 3.05) is 11.5 Å². The first-order valence-corrected chi connectivity index (χ1v) is 12.8. The van der Waals surface area contributed by atoms with Gasteiger partial charge in [0.1, 0.15) is 17.1 Å². The molecule has 0 spiro atoms. The van der Waals surface area contributed by atoms with E-state index in [4.69, 9.17) is 11.5 Å². The molecule has 0 radical (unpaired) electrons. The Balaban J connectivity index is 1.40. The summed E-state index contributed by atoms with van der Waals surface area (Å²) in [4.78, 5) is 49.7. The number of carboxylic acids is 1. The number of hydrogen-bond donors (Lipinski definition) is 4. The molecule has 1 aromatic heterocycles. The van der Waals surface area contributed by atoms with E-state index in [-0.39, 0.29) is 36.7 Å². The Kier molecular flexibility index (Phi) is 7.45. The van der Waals surface area contributed by atoms with Gasteiger partial charge in [-0.15, -0.1) is 16.9 Å². The molecule has 3 aliphatic rings. The van der Waals surface area contributed by atoms with E-state index in [1.54, 1.807) is 0 Å². The Morgan fingerprint density at radius 3 is 2.74 bits per heavy atom. The maximum atomic E-state index is 12.8. The fourth-order valence-electron chi connectivity index (χ4n) is 3.92. The van der Waals surface area contributed by atoms with Gasteiger partial charge in [0, 0.05) is 36.5 Å². The minimum Gasteiger partial charge on any atom is -0.477 e. The van der Waals surface area contributed by atoms with Crippen LogP contribution in [0.2, 0.25) is 0 Å². The molecule has 13 nitrogen and oxygen atoms in total. The van der Waals surface area contributed by atoms with Crippen molar-refractivity contribution in [3.8, 4) is 0 Å². The second kappa shape index (κ2) is 10.5. The zero-order valence-corrected chi connectivity index (χ0v) is 20.2. The molecule has 0 saturated carbocycles. The first-order valence-electron chi connectivity index (χ1n) is 10.7. The van der Waals surface area contributed by atoms with Crippen LogP contribution in [-0.4, -0.2) is 76.8 Å². The van der Waals surface area contributed by atoms with Crippen LogP contribution in [0.4, 0.5) is 0 Å². The number of carboxylic acid groups (broad SMARTS) is 1. The van der Waals surface area contributed by atoms with E-state index in [1.165, 1.54) is 33.1 Å². The second-order valence-electron chi connectivity index (χ2n) is 8.09. The van der Waals surface area contributed by atoms with Crippen LogP contribution in [0.3, 0.4) is 0 Å². The van der Waals surface area contributed by atoms with E-state index < -0.39 is 29.2 Å². The summed E-state index contributed by atoms with van der Waals surface area (Å²) in [6.07, 6.45) is 5.26. The summed E-state index contributed by atoms with van der Waals surface area (Å²) >= 11 is 2.59. The highest BCUT2D eigenvalue weighted by Crippen LogP contribution is 2.41. The van der Waals surface area contributed by atoms with Gasteiger partial charge in [-0.25, -0.2) is 9.48 Å². The average molecular weight is 521 g/mol. The number of nitrogens with two attached hydrogens (primary N) is 2. The van der Waals surface area contributed by atoms with Gasteiger partial charge in [0.15, 0.2) is 0 Å². The van der Waals surface area contributed by atoms with Crippen LogP contribution >= 0.6 is 23.5 Å². The molecule has 3 amide bonds. The number of aromatic nitrogens is 4. The van der Waals surface area contributed by atoms with E-state index >= 15 is 0 Å². The molecule has 1 aromatic rings. The van der Waals surface area contributed by atoms with Gasteiger partial charge in [-0.2, -0.15) is 0 Å². The lowest BCUT2D eigenvalue weighted by Crippen LogP contribution is -2.70. The lowest BCUT2D eigenvalue weighted by atomic mass is 9.98. The molecular formula is C20H24N8O5S2. The van der Waals surface area contributed by atoms with Crippen molar-refractivity contribution in [3.05, 3.63) is 34.7 Å². The van der Waals surface area contributed by atoms with Crippen molar-refractivity contribution >= 4 is 47.2 Å². The quantitative estimate of drug-likeness (QED) is 0.173. The number of aliphatic carboxylic acids is 1. The molecule has 1 unspecified atom stereocenters. The third kappa shape index (κ3) is 5.35. The molecule has 6 N–H and O–H groups in total. The molecule has 2 atom stereocenters. The molecule has 2 aliphatic heterocycles. The standard InChI is InChI=1S/C20H24N8O5S2/c21-12-4-2-1-3-10(12)7-14(30)23-15-17(31)28-16(19(32)33)11(8-34-18(15)28)9-35-20-24-25-26-27(20)6-5-13(22)29/h1-2,15,18H,3-9,21H2,(H2,22,29)(H,23,30)(H,32,33)/t15?,18-/m1/s1. The third-order valence-corrected chi connectivity index (χ3v) is 8.09. The molecule has 3 heterocycles. The predicted molar refractivity (Wildman–Crippen MR) is 126 cm³/mol. The molecule has 1 saturated heterocycles. The van der Waals surface area contributed by atoms with Gasteiger partial charge in [0.05, 0.1) is 6.54 Å². The molecule has 0 aromatic carbocycles. The van der Waals surface area contributed by atoms with E-state index in [0.717, 1.165) is 5.57 Å². The summed E-state index contributed by atoms with van der Waals surface area (Å²) in [6, 6.07) is -0.793. The topological polar surface area (TPSA) is 199 Å². The Morgan fingerprint density at radius 2 is 2.03 bits per heavy atom. The summed E-state index contributed by atoms with van der Waals surface area (Å²) in [5.74, 6) is -1.89. The van der Waals surface area contributed by atoms with Gasteiger partial charge < -0.3 is 21.9 Å². The fraction of sp³-hybridized carbons (Fsp3) is 0.450. The molecule has 15 heteroatoms. The number of allylic oxidation sites excluding steroid dienone is 2. The Hall–Kier alpha value is -3.33. The van der Waals surface area contributed by atoms with Crippen molar-refractivity contribution in [3.63, 3.8) is 0 Å². The number of aryl methyl sites for hydroxylation is 1. The zero-order valence-electron chi connectivity index (χ0n) is 18.5. The summed E-state index contributed by atoms with van der Waals surface area (Å²) < 4.78 is 1.42. The van der Waals surface area contributed by atoms with E-state index in [0.29, 0.717) is 35.0 Å². The number of primary amides is 1. The lowest BCUT2D eigenvalue weighted by molar-refractivity contribution is -0.150. The molecule has 186 valence electrons. The number of carbonyl (C=O) groups excluding carboxylic acids is 3. The Morgan fingerprint density at radius 1 is 1.26 bits per heavy atom. The van der Waals surface area contributed by atoms with Crippen molar-refractivity contribution in [1.29, 1.82) is 0 Å². The van der Waals surface area contributed by atoms with Crippen molar-refractivity contribution in [2.24, 2.45) is 11.5 Å². The average Bonchev–Trinajstić information content (AvgIpc) is 3.28. The highest BCUT2D eigenvalue weighted by Gasteiger charge is 2.54. The Labute approximate surface area is 208 Å². The van der Waals surface area contributed by atoms with Gasteiger partial charge >= 0.3 is 5.97 Å². The van der Waals surface area contributed by atoms with Crippen molar-refractivity contribution in [2.45, 2.75) is 48.8 Å². The molecule has 1 aliphatic carbocycles. The maximum Gasteiger partial charge on any atom is 0.352 e. The minimum absolute atomic E-state index is 0.0647. The normalized spacial score (nSPS) is 21.6.